The van der Waals surface area contributed by atoms with Crippen molar-refractivity contribution in [3.05, 3.63) is 0 Å². The molecule has 0 aliphatic carbocycles. The van der Waals surface area contributed by atoms with E-state index in [1.165, 1.54) is 84.8 Å². The highest BCUT2D eigenvalue weighted by molar-refractivity contribution is 7.48. The zero-order chi connectivity index (χ0) is 23.0. The molecule has 7 heteroatoms. The van der Waals surface area contributed by atoms with Crippen LogP contribution in [0.15, 0.2) is 0 Å². The van der Waals surface area contributed by atoms with Gasteiger partial charge in [-0.25, -0.2) is 4.57 Å². The molecule has 31 heavy (non-hydrogen) atoms. The van der Waals surface area contributed by atoms with Gasteiger partial charge in [0, 0.05) is 27.2 Å². The average Bonchev–Trinajstić information content (AvgIpc) is 2.78. The highest BCUT2D eigenvalue weighted by Gasteiger charge is 2.21. The van der Waals surface area contributed by atoms with Gasteiger partial charge in [-0.3, -0.25) is 18.4 Å². The lowest BCUT2D eigenvalue weighted by Gasteiger charge is -2.12. The second-order valence-electron chi connectivity index (χ2n) is 8.40. The van der Waals surface area contributed by atoms with Crippen molar-refractivity contribution >= 4 is 13.7 Å². The molecule has 0 aliphatic rings. The van der Waals surface area contributed by atoms with Gasteiger partial charge in [-0.2, -0.15) is 0 Å². The van der Waals surface area contributed by atoms with E-state index in [0.29, 0.717) is 13.0 Å². The van der Waals surface area contributed by atoms with Crippen LogP contribution in [0, 0.1) is 0 Å². The van der Waals surface area contributed by atoms with Crippen LogP contribution in [0.5, 0.6) is 0 Å². The first-order valence-corrected chi connectivity index (χ1v) is 14.2. The number of rotatable bonds is 24. The van der Waals surface area contributed by atoms with Gasteiger partial charge in [0.05, 0.1) is 6.61 Å². The third-order valence-electron chi connectivity index (χ3n) is 5.60. The Morgan fingerprint density at radius 3 is 1.65 bits per heavy atom. The maximum absolute atomic E-state index is 11.9. The Morgan fingerprint density at radius 1 is 0.677 bits per heavy atom. The van der Waals surface area contributed by atoms with Crippen molar-refractivity contribution in [2.75, 3.05) is 27.4 Å². The fourth-order valence-corrected chi connectivity index (χ4v) is 4.27. The van der Waals surface area contributed by atoms with Crippen LogP contribution in [0.3, 0.4) is 0 Å². The highest BCUT2D eigenvalue weighted by Crippen LogP contribution is 2.47. The highest BCUT2D eigenvalue weighted by atomic mass is 31.2. The third-order valence-corrected chi connectivity index (χ3v) is 6.99. The third kappa shape index (κ3) is 21.2. The van der Waals surface area contributed by atoms with E-state index < -0.39 is 7.82 Å². The Bertz CT molecular complexity index is 440. The second kappa shape index (κ2) is 22.8. The summed E-state index contributed by atoms with van der Waals surface area (Å²) in [6, 6.07) is 0. The van der Waals surface area contributed by atoms with E-state index in [0.717, 1.165) is 45.1 Å². The van der Waals surface area contributed by atoms with Crippen LogP contribution in [0.1, 0.15) is 122 Å². The smallest absolute Gasteiger partial charge is 0.356 e. The Labute approximate surface area is 192 Å². The number of carbonyl (C=O) groups excluding carboxylic acids is 1. The van der Waals surface area contributed by atoms with Gasteiger partial charge in [-0.05, 0) is 19.3 Å². The first-order valence-electron chi connectivity index (χ1n) is 12.7. The summed E-state index contributed by atoms with van der Waals surface area (Å²) in [6.45, 7) is 3.35. The Kier molecular flexibility index (Phi) is 22.5. The molecule has 0 atom stereocenters. The average molecular weight is 464 g/mol. The van der Waals surface area contributed by atoms with Gasteiger partial charge in [-0.15, -0.1) is 0 Å². The maximum Gasteiger partial charge on any atom is 0.474 e. The number of nitrogens with one attached hydrogen (secondary N) is 1. The zero-order valence-corrected chi connectivity index (χ0v) is 21.5. The van der Waals surface area contributed by atoms with E-state index in [1.54, 1.807) is 0 Å². The molecule has 0 aromatic rings. The molecule has 6 nitrogen and oxygen atoms in total. The standard InChI is InChI=1S/C24H50NO5P/c1-4-5-6-7-8-9-10-11-12-13-14-15-18-21-24(26)25-22-19-16-17-20-23-30-31(27,28-2)29-3/h4-23H2,1-3H3,(H,25,26). The first-order chi connectivity index (χ1) is 15.1. The van der Waals surface area contributed by atoms with E-state index in [2.05, 4.69) is 12.2 Å². The summed E-state index contributed by atoms with van der Waals surface area (Å²) < 4.78 is 26.2. The minimum Gasteiger partial charge on any atom is -0.356 e. The van der Waals surface area contributed by atoms with E-state index in [9.17, 15) is 9.36 Å². The van der Waals surface area contributed by atoms with Crippen LogP contribution in [-0.2, 0) is 22.9 Å². The monoisotopic (exact) mass is 463 g/mol. The molecule has 0 radical (unpaired) electrons. The summed E-state index contributed by atoms with van der Waals surface area (Å²) in [5.74, 6) is 0.174. The van der Waals surface area contributed by atoms with Crippen LogP contribution in [0.4, 0.5) is 0 Å². The summed E-state index contributed by atoms with van der Waals surface area (Å²) in [5, 5.41) is 3.00. The molecule has 0 fully saturated rings. The van der Waals surface area contributed by atoms with Crippen molar-refractivity contribution in [2.24, 2.45) is 0 Å². The largest absolute Gasteiger partial charge is 0.474 e. The van der Waals surface area contributed by atoms with E-state index >= 15 is 0 Å². The first kappa shape index (κ1) is 30.6. The van der Waals surface area contributed by atoms with Gasteiger partial charge in [0.25, 0.3) is 0 Å². The van der Waals surface area contributed by atoms with Gasteiger partial charge in [-0.1, -0.05) is 96.8 Å². The summed E-state index contributed by atoms with van der Waals surface area (Å²) in [4.78, 5) is 11.9. The Morgan fingerprint density at radius 2 is 1.13 bits per heavy atom. The lowest BCUT2D eigenvalue weighted by atomic mass is 10.0. The van der Waals surface area contributed by atoms with Gasteiger partial charge in [0.15, 0.2) is 0 Å². The van der Waals surface area contributed by atoms with Crippen LogP contribution >= 0.6 is 7.82 Å². The summed E-state index contributed by atoms with van der Waals surface area (Å²) in [7, 11) is -0.721. The number of phosphoric acid groups is 1. The SMILES string of the molecule is CCCCCCCCCCCCCCCC(=O)NCCCCCCOP(=O)(OC)OC. The van der Waals surface area contributed by atoms with Gasteiger partial charge in [0.2, 0.25) is 5.91 Å². The Hall–Kier alpha value is -0.420. The molecule has 0 heterocycles. The molecule has 0 saturated carbocycles. The molecule has 0 saturated heterocycles. The molecule has 0 aromatic heterocycles. The molecule has 0 unspecified atom stereocenters. The van der Waals surface area contributed by atoms with E-state index in [4.69, 9.17) is 13.6 Å². The van der Waals surface area contributed by atoms with Crippen molar-refractivity contribution in [1.82, 2.24) is 5.32 Å². The molecule has 0 spiro atoms. The molecular weight excluding hydrogens is 413 g/mol. The van der Waals surface area contributed by atoms with Crippen LogP contribution in [0.25, 0.3) is 0 Å². The van der Waals surface area contributed by atoms with Gasteiger partial charge >= 0.3 is 7.82 Å². The molecule has 0 aliphatic heterocycles. The second-order valence-corrected chi connectivity index (χ2v) is 10.3. The number of hydrogen-bond donors (Lipinski definition) is 1. The topological polar surface area (TPSA) is 73.9 Å². The van der Waals surface area contributed by atoms with Crippen molar-refractivity contribution in [3.63, 3.8) is 0 Å². The lowest BCUT2D eigenvalue weighted by Crippen LogP contribution is -2.23. The van der Waals surface area contributed by atoms with Crippen molar-refractivity contribution < 1.29 is 22.9 Å². The number of amides is 1. The minimum atomic E-state index is -3.34. The summed E-state index contributed by atoms with van der Waals surface area (Å²) in [6.07, 6.45) is 21.6. The lowest BCUT2D eigenvalue weighted by molar-refractivity contribution is -0.121. The van der Waals surface area contributed by atoms with E-state index in [1.807, 2.05) is 0 Å². The van der Waals surface area contributed by atoms with Crippen LogP contribution < -0.4 is 5.32 Å². The van der Waals surface area contributed by atoms with Crippen molar-refractivity contribution in [3.8, 4) is 0 Å². The number of hydrogen-bond acceptors (Lipinski definition) is 5. The van der Waals surface area contributed by atoms with Crippen molar-refractivity contribution in [1.29, 1.82) is 0 Å². The molecular formula is C24H50NO5P. The molecule has 1 amide bonds. The van der Waals surface area contributed by atoms with Gasteiger partial charge < -0.3 is 5.32 Å². The normalized spacial score (nSPS) is 11.7. The number of phosphoric ester groups is 1. The molecule has 0 aromatic carbocycles. The van der Waals surface area contributed by atoms with Crippen molar-refractivity contribution in [2.45, 2.75) is 122 Å². The fraction of sp³-hybridized carbons (Fsp3) is 0.958. The fourth-order valence-electron chi connectivity index (χ4n) is 3.56. The molecule has 0 rings (SSSR count). The van der Waals surface area contributed by atoms with E-state index in [-0.39, 0.29) is 5.91 Å². The number of unbranched alkanes of at least 4 members (excludes halogenated alkanes) is 15. The molecule has 0 bridgehead atoms. The maximum atomic E-state index is 11.9. The van der Waals surface area contributed by atoms with Crippen LogP contribution in [-0.4, -0.2) is 33.3 Å². The predicted octanol–water partition coefficient (Wildman–Crippen LogP) is 7.56. The number of carbonyl (C=O) groups is 1. The predicted molar refractivity (Wildman–Crippen MR) is 129 cm³/mol. The van der Waals surface area contributed by atoms with Gasteiger partial charge in [0.1, 0.15) is 0 Å². The summed E-state index contributed by atoms with van der Waals surface area (Å²) >= 11 is 0. The van der Waals surface area contributed by atoms with Crippen LogP contribution in [0.2, 0.25) is 0 Å². The zero-order valence-electron chi connectivity index (χ0n) is 20.6. The summed E-state index contributed by atoms with van der Waals surface area (Å²) in [5.41, 5.74) is 0. The quantitative estimate of drug-likeness (QED) is 0.118. The Balaban J connectivity index is 3.27. The molecule has 1 N–H and O–H groups in total. The minimum absolute atomic E-state index is 0.174. The molecule has 186 valence electrons.